The molecule has 0 aromatic carbocycles. The second kappa shape index (κ2) is 4.64. The van der Waals surface area contributed by atoms with Crippen molar-refractivity contribution in [1.82, 2.24) is 4.90 Å². The Kier molecular flexibility index (Phi) is 3.44. The van der Waals surface area contributed by atoms with Gasteiger partial charge in [0.25, 0.3) is 5.91 Å². The highest BCUT2D eigenvalue weighted by molar-refractivity contribution is 5.89. The van der Waals surface area contributed by atoms with Crippen LogP contribution in [0.4, 0.5) is 17.6 Å². The second-order valence-corrected chi connectivity index (χ2v) is 5.02. The number of amides is 1. The summed E-state index contributed by atoms with van der Waals surface area (Å²) in [5.41, 5.74) is 0. The van der Waals surface area contributed by atoms with Crippen molar-refractivity contribution < 1.29 is 32.3 Å². The van der Waals surface area contributed by atoms with Gasteiger partial charge in [-0.2, -0.15) is 8.78 Å². The van der Waals surface area contributed by atoms with E-state index < -0.39 is 36.2 Å². The number of halogens is 4. The Labute approximate surface area is 106 Å². The van der Waals surface area contributed by atoms with Crippen molar-refractivity contribution in [2.75, 3.05) is 6.54 Å². The highest BCUT2D eigenvalue weighted by Crippen LogP contribution is 2.43. The molecule has 3 unspecified atom stereocenters. The Morgan fingerprint density at radius 2 is 1.89 bits per heavy atom. The normalized spacial score (nSPS) is 30.8. The van der Waals surface area contributed by atoms with Crippen molar-refractivity contribution in [3.8, 4) is 0 Å². The fourth-order valence-corrected chi connectivity index (χ4v) is 3.12. The minimum absolute atomic E-state index is 0.178. The number of fused-ring (bicyclic) bond motifs is 1. The molecule has 0 aromatic heterocycles. The number of carbonyl (C=O) groups is 2. The van der Waals surface area contributed by atoms with Gasteiger partial charge in [-0.1, -0.05) is 6.42 Å². The first-order valence-electron chi connectivity index (χ1n) is 5.96. The molecule has 0 aromatic rings. The quantitative estimate of drug-likeness (QED) is 0.800. The Bertz CT molecular complexity index is 401. The Morgan fingerprint density at radius 3 is 2.42 bits per heavy atom. The van der Waals surface area contributed by atoms with Crippen LogP contribution in [0.2, 0.25) is 0 Å². The van der Waals surface area contributed by atoms with E-state index in [4.69, 9.17) is 5.11 Å². The molecule has 0 bridgehead atoms. The molecule has 4 nitrogen and oxygen atoms in total. The molecule has 0 spiro atoms. The minimum atomic E-state index is -4.83. The second-order valence-electron chi connectivity index (χ2n) is 5.02. The molecule has 108 valence electrons. The number of carbonyl (C=O) groups excluding carboxylic acids is 1. The molecule has 1 aliphatic carbocycles. The van der Waals surface area contributed by atoms with Crippen LogP contribution in [0.1, 0.15) is 19.3 Å². The number of likely N-dealkylation sites (tertiary alicyclic amines) is 1. The number of alkyl halides is 4. The summed E-state index contributed by atoms with van der Waals surface area (Å²) in [7, 11) is 0. The predicted molar refractivity (Wildman–Crippen MR) is 54.9 cm³/mol. The van der Waals surface area contributed by atoms with E-state index in [1.54, 1.807) is 0 Å². The van der Waals surface area contributed by atoms with Crippen LogP contribution in [0.3, 0.4) is 0 Å². The van der Waals surface area contributed by atoms with E-state index in [0.29, 0.717) is 17.7 Å². The summed E-state index contributed by atoms with van der Waals surface area (Å²) in [6.07, 6.45) is -2.20. The van der Waals surface area contributed by atoms with Gasteiger partial charge in [-0.05, 0) is 24.7 Å². The van der Waals surface area contributed by atoms with Gasteiger partial charge in [0.2, 0.25) is 0 Å². The van der Waals surface area contributed by atoms with E-state index in [1.165, 1.54) is 0 Å². The number of hydrogen-bond acceptors (Lipinski definition) is 2. The average molecular weight is 283 g/mol. The summed E-state index contributed by atoms with van der Waals surface area (Å²) in [6, 6.07) is -1.41. The highest BCUT2D eigenvalue weighted by atomic mass is 19.3. The Morgan fingerprint density at radius 1 is 1.26 bits per heavy atom. The number of rotatable bonds is 3. The van der Waals surface area contributed by atoms with Crippen LogP contribution >= 0.6 is 0 Å². The summed E-state index contributed by atoms with van der Waals surface area (Å²) in [4.78, 5) is 23.0. The molecule has 1 N–H and O–H groups in total. The Hall–Kier alpha value is -1.34. The van der Waals surface area contributed by atoms with Crippen molar-refractivity contribution in [2.24, 2.45) is 11.8 Å². The van der Waals surface area contributed by atoms with E-state index in [0.717, 1.165) is 6.42 Å². The fraction of sp³-hybridized carbons (Fsp3) is 0.818. The lowest BCUT2D eigenvalue weighted by Gasteiger charge is -2.27. The van der Waals surface area contributed by atoms with Crippen molar-refractivity contribution in [3.63, 3.8) is 0 Å². The number of carboxylic acid groups (broad SMARTS) is 1. The van der Waals surface area contributed by atoms with E-state index >= 15 is 0 Å². The van der Waals surface area contributed by atoms with Gasteiger partial charge < -0.3 is 10.0 Å². The monoisotopic (exact) mass is 283 g/mol. The molecule has 1 saturated carbocycles. The van der Waals surface area contributed by atoms with Crippen molar-refractivity contribution in [3.05, 3.63) is 0 Å². The molecule has 1 aliphatic heterocycles. The zero-order chi connectivity index (χ0) is 14.4. The van der Waals surface area contributed by atoms with Crippen LogP contribution in [0.5, 0.6) is 0 Å². The van der Waals surface area contributed by atoms with Gasteiger partial charge in [-0.15, -0.1) is 0 Å². The van der Waals surface area contributed by atoms with E-state index in [1.807, 2.05) is 0 Å². The maximum Gasteiger partial charge on any atom is 0.383 e. The van der Waals surface area contributed by atoms with E-state index in [2.05, 4.69) is 0 Å². The smallest absolute Gasteiger partial charge is 0.383 e. The third kappa shape index (κ3) is 2.17. The summed E-state index contributed by atoms with van der Waals surface area (Å²) in [5.74, 6) is -8.91. The van der Waals surface area contributed by atoms with Crippen LogP contribution < -0.4 is 0 Å². The first kappa shape index (κ1) is 14.1. The fourth-order valence-electron chi connectivity index (χ4n) is 3.12. The number of nitrogens with zero attached hydrogens (tertiary/aromatic N) is 1. The Balaban J connectivity index is 2.24. The van der Waals surface area contributed by atoms with Gasteiger partial charge in [0.05, 0.1) is 0 Å². The van der Waals surface area contributed by atoms with E-state index in [9.17, 15) is 27.2 Å². The van der Waals surface area contributed by atoms with Gasteiger partial charge in [-0.25, -0.2) is 13.6 Å². The minimum Gasteiger partial charge on any atom is -0.480 e. The lowest BCUT2D eigenvalue weighted by molar-refractivity contribution is -0.184. The van der Waals surface area contributed by atoms with E-state index in [-0.39, 0.29) is 12.5 Å². The molecule has 1 heterocycles. The molecule has 1 saturated heterocycles. The molecule has 19 heavy (non-hydrogen) atoms. The first-order chi connectivity index (χ1) is 8.76. The van der Waals surface area contributed by atoms with Crippen LogP contribution in [-0.2, 0) is 9.59 Å². The number of hydrogen-bond donors (Lipinski definition) is 1. The third-order valence-corrected chi connectivity index (χ3v) is 3.96. The van der Waals surface area contributed by atoms with Crippen LogP contribution in [0.15, 0.2) is 0 Å². The summed E-state index contributed by atoms with van der Waals surface area (Å²) >= 11 is 0. The predicted octanol–water partition coefficient (Wildman–Crippen LogP) is 1.60. The van der Waals surface area contributed by atoms with Crippen LogP contribution in [0.25, 0.3) is 0 Å². The van der Waals surface area contributed by atoms with Gasteiger partial charge in [0.1, 0.15) is 6.04 Å². The molecular weight excluding hydrogens is 270 g/mol. The van der Waals surface area contributed by atoms with Gasteiger partial charge in [0, 0.05) is 6.54 Å². The zero-order valence-electron chi connectivity index (χ0n) is 9.86. The molecule has 2 fully saturated rings. The molecule has 2 rings (SSSR count). The van der Waals surface area contributed by atoms with Crippen molar-refractivity contribution >= 4 is 11.9 Å². The van der Waals surface area contributed by atoms with Crippen molar-refractivity contribution in [1.29, 1.82) is 0 Å². The maximum absolute atomic E-state index is 13.1. The topological polar surface area (TPSA) is 57.6 Å². The molecule has 3 atom stereocenters. The highest BCUT2D eigenvalue weighted by Gasteiger charge is 2.58. The zero-order valence-corrected chi connectivity index (χ0v) is 9.86. The number of carboxylic acids is 1. The van der Waals surface area contributed by atoms with Crippen LogP contribution in [-0.4, -0.2) is 46.8 Å². The summed E-state index contributed by atoms with van der Waals surface area (Å²) in [6.45, 7) is -0.178. The maximum atomic E-state index is 13.1. The largest absolute Gasteiger partial charge is 0.480 e. The molecular formula is C11H13F4NO3. The van der Waals surface area contributed by atoms with Gasteiger partial charge >= 0.3 is 18.3 Å². The first-order valence-corrected chi connectivity index (χ1v) is 5.96. The average Bonchev–Trinajstić information content (AvgIpc) is 2.85. The van der Waals surface area contributed by atoms with Gasteiger partial charge in [-0.3, -0.25) is 4.79 Å². The summed E-state index contributed by atoms with van der Waals surface area (Å²) < 4.78 is 50.5. The molecule has 2 aliphatic rings. The number of aliphatic carboxylic acids is 1. The standard InChI is InChI=1S/C11H13F4NO3/c12-9(13)11(14,15)10(19)16-4-5-2-1-3-6(5)7(16)8(17)18/h5-7,9H,1-4H2,(H,17,18). The lowest BCUT2D eigenvalue weighted by atomic mass is 9.94. The lowest BCUT2D eigenvalue weighted by Crippen LogP contribution is -2.52. The summed E-state index contributed by atoms with van der Waals surface area (Å²) in [5, 5.41) is 9.06. The molecule has 8 heteroatoms. The molecule has 0 radical (unpaired) electrons. The SMILES string of the molecule is O=C(O)C1C2CCCC2CN1C(=O)C(F)(F)C(F)F. The van der Waals surface area contributed by atoms with Crippen molar-refractivity contribution in [2.45, 2.75) is 37.7 Å². The van der Waals surface area contributed by atoms with Crippen LogP contribution in [0, 0.1) is 11.8 Å². The third-order valence-electron chi connectivity index (χ3n) is 3.96. The molecule has 1 amide bonds. The van der Waals surface area contributed by atoms with Gasteiger partial charge in [0.15, 0.2) is 0 Å².